The summed E-state index contributed by atoms with van der Waals surface area (Å²) < 4.78 is 5.78. The Bertz CT molecular complexity index is 677. The second kappa shape index (κ2) is 9.48. The van der Waals surface area contributed by atoms with E-state index in [4.69, 9.17) is 4.74 Å². The summed E-state index contributed by atoms with van der Waals surface area (Å²) in [6, 6.07) is 12.7. The fourth-order valence-corrected chi connectivity index (χ4v) is 3.48. The Hall–Kier alpha value is -2.20. The van der Waals surface area contributed by atoms with E-state index in [2.05, 4.69) is 29.2 Å². The molecular formula is C22H28N2O2. The molecule has 0 bridgehead atoms. The first-order valence-electron chi connectivity index (χ1n) is 9.57. The molecule has 2 heterocycles. The van der Waals surface area contributed by atoms with Crippen molar-refractivity contribution in [1.82, 2.24) is 9.88 Å². The number of aromatic nitrogens is 1. The molecule has 0 spiro atoms. The Morgan fingerprint density at radius 3 is 2.19 bits per heavy atom. The summed E-state index contributed by atoms with van der Waals surface area (Å²) in [6.07, 6.45) is 7.53. The summed E-state index contributed by atoms with van der Waals surface area (Å²) in [4.78, 5) is 17.8. The molecule has 3 rings (SSSR count). The molecule has 1 saturated heterocycles. The molecule has 0 unspecified atom stereocenters. The first kappa shape index (κ1) is 18.6. The predicted octanol–water partition coefficient (Wildman–Crippen LogP) is 3.99. The second-order valence-corrected chi connectivity index (χ2v) is 7.05. The third-order valence-electron chi connectivity index (χ3n) is 5.10. The van der Waals surface area contributed by atoms with Crippen molar-refractivity contribution < 1.29 is 9.53 Å². The quantitative estimate of drug-likeness (QED) is 0.757. The molecule has 0 radical (unpaired) electrons. The molecule has 0 saturated carbocycles. The second-order valence-electron chi connectivity index (χ2n) is 7.05. The van der Waals surface area contributed by atoms with Crippen LogP contribution >= 0.6 is 0 Å². The topological polar surface area (TPSA) is 42.4 Å². The Morgan fingerprint density at radius 1 is 1.00 bits per heavy atom. The van der Waals surface area contributed by atoms with Crippen LogP contribution in [-0.4, -0.2) is 28.9 Å². The van der Waals surface area contributed by atoms with Crippen LogP contribution in [0.2, 0.25) is 0 Å². The highest BCUT2D eigenvalue weighted by molar-refractivity contribution is 5.75. The summed E-state index contributed by atoms with van der Waals surface area (Å²) in [5.41, 5.74) is 3.72. The number of rotatable bonds is 7. The molecule has 1 aliphatic heterocycles. The fourth-order valence-electron chi connectivity index (χ4n) is 3.48. The third kappa shape index (κ3) is 5.40. The number of hydrogen-bond donors (Lipinski definition) is 0. The van der Waals surface area contributed by atoms with Crippen molar-refractivity contribution in [2.24, 2.45) is 5.92 Å². The van der Waals surface area contributed by atoms with Crippen molar-refractivity contribution in [3.63, 3.8) is 0 Å². The standard InChI is InChI=1S/C22H28N2O2/c1-2-22(25)24-13-9-19(10-14-24)15-18-3-5-20(6-4-18)16-26-17-21-7-11-23-12-8-21/h3-8,11-12,19H,2,9-10,13-17H2,1H3. The minimum atomic E-state index is 0.291. The van der Waals surface area contributed by atoms with Gasteiger partial charge in [-0.3, -0.25) is 9.78 Å². The number of likely N-dealkylation sites (tertiary alicyclic amines) is 1. The molecule has 4 nitrogen and oxygen atoms in total. The van der Waals surface area contributed by atoms with Gasteiger partial charge in [-0.05, 0) is 54.0 Å². The molecular weight excluding hydrogens is 324 g/mol. The SMILES string of the molecule is CCC(=O)N1CCC(Cc2ccc(COCc3ccncc3)cc2)CC1. The summed E-state index contributed by atoms with van der Waals surface area (Å²) in [6.45, 7) is 5.01. The molecule has 138 valence electrons. The molecule has 26 heavy (non-hydrogen) atoms. The van der Waals surface area contributed by atoms with Crippen LogP contribution in [-0.2, 0) is 29.2 Å². The first-order valence-corrected chi connectivity index (χ1v) is 9.57. The maximum atomic E-state index is 11.8. The van der Waals surface area contributed by atoms with Crippen LogP contribution < -0.4 is 0 Å². The Balaban J connectivity index is 1.41. The number of pyridine rings is 1. The lowest BCUT2D eigenvalue weighted by atomic mass is 9.90. The van der Waals surface area contributed by atoms with Gasteiger partial charge >= 0.3 is 0 Å². The van der Waals surface area contributed by atoms with Crippen molar-refractivity contribution in [2.45, 2.75) is 45.8 Å². The summed E-state index contributed by atoms with van der Waals surface area (Å²) in [5, 5.41) is 0. The number of carbonyl (C=O) groups excluding carboxylic acids is 1. The molecule has 1 fully saturated rings. The zero-order valence-electron chi connectivity index (χ0n) is 15.6. The maximum absolute atomic E-state index is 11.8. The number of piperidine rings is 1. The lowest BCUT2D eigenvalue weighted by Crippen LogP contribution is -2.38. The van der Waals surface area contributed by atoms with Gasteiger partial charge in [0.1, 0.15) is 0 Å². The van der Waals surface area contributed by atoms with E-state index >= 15 is 0 Å². The highest BCUT2D eigenvalue weighted by Crippen LogP contribution is 2.22. The van der Waals surface area contributed by atoms with Crippen molar-refractivity contribution in [3.8, 4) is 0 Å². The lowest BCUT2D eigenvalue weighted by Gasteiger charge is -2.32. The number of amides is 1. The van der Waals surface area contributed by atoms with Crippen molar-refractivity contribution in [3.05, 3.63) is 65.5 Å². The molecule has 0 aliphatic carbocycles. The molecule has 0 atom stereocenters. The molecule has 4 heteroatoms. The normalized spacial score (nSPS) is 15.2. The Kier molecular flexibility index (Phi) is 6.78. The van der Waals surface area contributed by atoms with Crippen molar-refractivity contribution in [1.29, 1.82) is 0 Å². The monoisotopic (exact) mass is 352 g/mol. The molecule has 1 aliphatic rings. The smallest absolute Gasteiger partial charge is 0.222 e. The van der Waals surface area contributed by atoms with Crippen LogP contribution in [0.15, 0.2) is 48.8 Å². The van der Waals surface area contributed by atoms with Gasteiger partial charge in [-0.1, -0.05) is 31.2 Å². The van der Waals surface area contributed by atoms with Gasteiger partial charge in [0, 0.05) is 31.9 Å². The van der Waals surface area contributed by atoms with Crippen LogP contribution in [0.4, 0.5) is 0 Å². The molecule has 1 aromatic carbocycles. The lowest BCUT2D eigenvalue weighted by molar-refractivity contribution is -0.132. The Labute approximate surface area is 156 Å². The van der Waals surface area contributed by atoms with Gasteiger partial charge in [-0.2, -0.15) is 0 Å². The van der Waals surface area contributed by atoms with Crippen molar-refractivity contribution in [2.75, 3.05) is 13.1 Å². The first-order chi connectivity index (χ1) is 12.7. The van der Waals surface area contributed by atoms with Crippen molar-refractivity contribution >= 4 is 5.91 Å². The van der Waals surface area contributed by atoms with Crippen LogP contribution in [0.5, 0.6) is 0 Å². The van der Waals surface area contributed by atoms with E-state index < -0.39 is 0 Å². The molecule has 0 N–H and O–H groups in total. The maximum Gasteiger partial charge on any atom is 0.222 e. The van der Waals surface area contributed by atoms with Gasteiger partial charge in [0.25, 0.3) is 0 Å². The van der Waals surface area contributed by atoms with Gasteiger partial charge in [-0.25, -0.2) is 0 Å². The number of carbonyl (C=O) groups is 1. The summed E-state index contributed by atoms with van der Waals surface area (Å²) in [7, 11) is 0. The zero-order chi connectivity index (χ0) is 18.2. The van der Waals surface area contributed by atoms with Gasteiger partial charge in [-0.15, -0.1) is 0 Å². The minimum Gasteiger partial charge on any atom is -0.372 e. The van der Waals surface area contributed by atoms with Crippen LogP contribution in [0.1, 0.15) is 42.9 Å². The average molecular weight is 352 g/mol. The van der Waals surface area contributed by atoms with E-state index in [0.717, 1.165) is 37.9 Å². The molecule has 1 amide bonds. The zero-order valence-corrected chi connectivity index (χ0v) is 15.6. The number of benzene rings is 1. The number of ether oxygens (including phenoxy) is 1. The van der Waals surface area contributed by atoms with E-state index in [0.29, 0.717) is 31.5 Å². The average Bonchev–Trinajstić information content (AvgIpc) is 2.70. The van der Waals surface area contributed by atoms with E-state index in [1.54, 1.807) is 12.4 Å². The summed E-state index contributed by atoms with van der Waals surface area (Å²) in [5.74, 6) is 0.976. The van der Waals surface area contributed by atoms with E-state index in [-0.39, 0.29) is 0 Å². The summed E-state index contributed by atoms with van der Waals surface area (Å²) >= 11 is 0. The minimum absolute atomic E-state index is 0.291. The van der Waals surface area contributed by atoms with Gasteiger partial charge in [0.2, 0.25) is 5.91 Å². The predicted molar refractivity (Wildman–Crippen MR) is 102 cm³/mol. The largest absolute Gasteiger partial charge is 0.372 e. The third-order valence-corrected chi connectivity index (χ3v) is 5.10. The number of hydrogen-bond acceptors (Lipinski definition) is 3. The highest BCUT2D eigenvalue weighted by atomic mass is 16.5. The molecule has 1 aromatic heterocycles. The molecule has 2 aromatic rings. The fraction of sp³-hybridized carbons (Fsp3) is 0.455. The Morgan fingerprint density at radius 2 is 1.58 bits per heavy atom. The van der Waals surface area contributed by atoms with Gasteiger partial charge in [0.05, 0.1) is 13.2 Å². The van der Waals surface area contributed by atoms with E-state index in [9.17, 15) is 4.79 Å². The van der Waals surface area contributed by atoms with Crippen LogP contribution in [0, 0.1) is 5.92 Å². The number of nitrogens with zero attached hydrogens (tertiary/aromatic N) is 2. The van der Waals surface area contributed by atoms with Crippen LogP contribution in [0.25, 0.3) is 0 Å². The van der Waals surface area contributed by atoms with Crippen LogP contribution in [0.3, 0.4) is 0 Å². The van der Waals surface area contributed by atoms with E-state index in [1.165, 1.54) is 11.1 Å². The van der Waals surface area contributed by atoms with E-state index in [1.807, 2.05) is 24.0 Å². The van der Waals surface area contributed by atoms with Gasteiger partial charge < -0.3 is 9.64 Å². The van der Waals surface area contributed by atoms with Gasteiger partial charge in [0.15, 0.2) is 0 Å². The highest BCUT2D eigenvalue weighted by Gasteiger charge is 2.21.